The minimum atomic E-state index is -1.15. The molecule has 0 aliphatic carbocycles. The van der Waals surface area contributed by atoms with Crippen LogP contribution in [0.25, 0.3) is 0 Å². The normalized spacial score (nSPS) is 26.8. The number of ketones is 2. The molecule has 2 aliphatic heterocycles. The number of carbonyl (C=O) groups is 4. The third kappa shape index (κ3) is 3.76. The molecule has 1 amide bonds. The Morgan fingerprint density at radius 2 is 1.88 bits per heavy atom. The van der Waals surface area contributed by atoms with E-state index in [-0.39, 0.29) is 24.9 Å². The second-order valence-electron chi connectivity index (χ2n) is 7.27. The molecular weight excluding hydrogens is 314 g/mol. The number of amides is 1. The minimum Gasteiger partial charge on any atom is -0.460 e. The maximum Gasteiger partial charge on any atom is 0.410 e. The minimum absolute atomic E-state index is 0.0640. The van der Waals surface area contributed by atoms with E-state index in [1.165, 1.54) is 4.90 Å². The number of carbonyl (C=O) groups excluding carboxylic acids is 4. The Morgan fingerprint density at radius 1 is 1.21 bits per heavy atom. The van der Waals surface area contributed by atoms with Crippen LogP contribution < -0.4 is 0 Å². The molecule has 2 aliphatic rings. The maximum atomic E-state index is 12.6. The van der Waals surface area contributed by atoms with Gasteiger partial charge in [0.25, 0.3) is 5.78 Å². The zero-order valence-electron chi connectivity index (χ0n) is 14.7. The fourth-order valence-electron chi connectivity index (χ4n) is 3.46. The molecule has 0 N–H and O–H groups in total. The Labute approximate surface area is 141 Å². The summed E-state index contributed by atoms with van der Waals surface area (Å²) < 4.78 is 10.2. The molecule has 2 saturated heterocycles. The highest BCUT2D eigenvalue weighted by Crippen LogP contribution is 2.37. The number of hydrogen-bond donors (Lipinski definition) is 0. The second kappa shape index (κ2) is 6.91. The number of fused-ring (bicyclic) bond motifs is 2. The number of esters is 1. The van der Waals surface area contributed by atoms with Crippen molar-refractivity contribution in [3.8, 4) is 0 Å². The van der Waals surface area contributed by atoms with E-state index in [1.54, 1.807) is 27.7 Å². The van der Waals surface area contributed by atoms with Gasteiger partial charge in [-0.15, -0.1) is 0 Å². The zero-order valence-corrected chi connectivity index (χ0v) is 14.7. The summed E-state index contributed by atoms with van der Waals surface area (Å²) in [5, 5.41) is 0. The molecule has 0 spiro atoms. The first-order valence-corrected chi connectivity index (χ1v) is 8.40. The van der Waals surface area contributed by atoms with Crippen molar-refractivity contribution in [1.29, 1.82) is 0 Å². The molecule has 0 radical (unpaired) electrons. The van der Waals surface area contributed by atoms with E-state index in [4.69, 9.17) is 9.47 Å². The topological polar surface area (TPSA) is 90.0 Å². The zero-order chi connectivity index (χ0) is 18.1. The van der Waals surface area contributed by atoms with Crippen LogP contribution in [-0.4, -0.2) is 52.8 Å². The Hall–Kier alpha value is -1.92. The first-order valence-electron chi connectivity index (χ1n) is 8.40. The lowest BCUT2D eigenvalue weighted by Gasteiger charge is -2.48. The third-order valence-electron chi connectivity index (χ3n) is 4.32. The van der Waals surface area contributed by atoms with Crippen LogP contribution in [0.2, 0.25) is 0 Å². The lowest BCUT2D eigenvalue weighted by atomic mass is 9.75. The molecule has 2 heterocycles. The molecule has 134 valence electrons. The first kappa shape index (κ1) is 18.4. The van der Waals surface area contributed by atoms with Crippen LogP contribution in [0.1, 0.15) is 53.4 Å². The summed E-state index contributed by atoms with van der Waals surface area (Å²) in [4.78, 5) is 50.6. The standard InChI is InChI=1S/C17H25NO6/c1-5-23-15(21)14(20)13-11-8-6-7-10(9-12(13)19)18(11)16(22)24-17(2,3)4/h10-11,13H,5-9H2,1-4H3/t10-,11+,13+/m0/s1. The van der Waals surface area contributed by atoms with Crippen molar-refractivity contribution in [1.82, 2.24) is 4.90 Å². The molecule has 2 fully saturated rings. The van der Waals surface area contributed by atoms with Gasteiger partial charge < -0.3 is 14.4 Å². The maximum absolute atomic E-state index is 12.6. The third-order valence-corrected chi connectivity index (χ3v) is 4.32. The number of ether oxygens (including phenoxy) is 2. The van der Waals surface area contributed by atoms with Crippen molar-refractivity contribution in [2.24, 2.45) is 5.92 Å². The molecule has 7 nitrogen and oxygen atoms in total. The molecule has 2 rings (SSSR count). The lowest BCUT2D eigenvalue weighted by molar-refractivity contribution is -0.160. The highest BCUT2D eigenvalue weighted by Gasteiger charge is 2.52. The van der Waals surface area contributed by atoms with Crippen LogP contribution in [0, 0.1) is 5.92 Å². The number of hydrogen-bond acceptors (Lipinski definition) is 6. The molecule has 0 saturated carbocycles. The number of piperidine rings is 2. The van der Waals surface area contributed by atoms with Gasteiger partial charge in [-0.1, -0.05) is 0 Å². The van der Waals surface area contributed by atoms with Crippen LogP contribution in [0.4, 0.5) is 4.79 Å². The number of Topliss-reactive ketones (excluding diaryl/α,β-unsaturated/α-hetero) is 2. The van der Waals surface area contributed by atoms with Crippen LogP contribution in [-0.2, 0) is 23.9 Å². The predicted molar refractivity (Wildman–Crippen MR) is 84.3 cm³/mol. The Kier molecular flexibility index (Phi) is 5.30. The quantitative estimate of drug-likeness (QED) is 0.443. The van der Waals surface area contributed by atoms with Gasteiger partial charge in [0.2, 0.25) is 0 Å². The molecule has 7 heteroatoms. The Morgan fingerprint density at radius 3 is 2.46 bits per heavy atom. The lowest BCUT2D eigenvalue weighted by Crippen LogP contribution is -2.62. The smallest absolute Gasteiger partial charge is 0.410 e. The highest BCUT2D eigenvalue weighted by molar-refractivity contribution is 6.38. The van der Waals surface area contributed by atoms with Gasteiger partial charge in [0, 0.05) is 12.5 Å². The first-order chi connectivity index (χ1) is 11.2. The molecule has 24 heavy (non-hydrogen) atoms. The van der Waals surface area contributed by atoms with Gasteiger partial charge in [0.15, 0.2) is 0 Å². The summed E-state index contributed by atoms with van der Waals surface area (Å²) in [6.45, 7) is 6.94. The second-order valence-corrected chi connectivity index (χ2v) is 7.27. The largest absolute Gasteiger partial charge is 0.460 e. The molecule has 2 bridgehead atoms. The average molecular weight is 339 g/mol. The highest BCUT2D eigenvalue weighted by atomic mass is 16.6. The summed E-state index contributed by atoms with van der Waals surface area (Å²) in [7, 11) is 0. The van der Waals surface area contributed by atoms with Gasteiger partial charge in [0.1, 0.15) is 17.3 Å². The Balaban J connectivity index is 2.27. The van der Waals surface area contributed by atoms with Gasteiger partial charge in [-0.05, 0) is 47.0 Å². The Bertz CT molecular complexity index is 550. The van der Waals surface area contributed by atoms with Crippen molar-refractivity contribution in [2.45, 2.75) is 71.1 Å². The molecule has 0 unspecified atom stereocenters. The van der Waals surface area contributed by atoms with Gasteiger partial charge in [-0.25, -0.2) is 9.59 Å². The van der Waals surface area contributed by atoms with Crippen LogP contribution in [0.3, 0.4) is 0 Å². The van der Waals surface area contributed by atoms with E-state index < -0.39 is 35.4 Å². The summed E-state index contributed by atoms with van der Waals surface area (Å²) in [6, 6.07) is -0.894. The molecule has 0 aromatic heterocycles. The summed E-state index contributed by atoms with van der Waals surface area (Å²) >= 11 is 0. The fourth-order valence-corrected chi connectivity index (χ4v) is 3.46. The van der Waals surface area contributed by atoms with Crippen LogP contribution in [0.15, 0.2) is 0 Å². The van der Waals surface area contributed by atoms with E-state index >= 15 is 0 Å². The van der Waals surface area contributed by atoms with Crippen molar-refractivity contribution in [3.63, 3.8) is 0 Å². The van der Waals surface area contributed by atoms with E-state index in [2.05, 4.69) is 0 Å². The molecule has 0 aromatic carbocycles. The van der Waals surface area contributed by atoms with Crippen molar-refractivity contribution < 1.29 is 28.7 Å². The monoisotopic (exact) mass is 339 g/mol. The summed E-state index contributed by atoms with van der Waals surface area (Å²) in [5.41, 5.74) is -0.673. The van der Waals surface area contributed by atoms with Crippen molar-refractivity contribution >= 4 is 23.6 Å². The van der Waals surface area contributed by atoms with Crippen molar-refractivity contribution in [2.75, 3.05) is 6.61 Å². The SMILES string of the molecule is CCOC(=O)C(=O)[C@H]1C(=O)C[C@@H]2CCC[C@H]1N2C(=O)OC(C)(C)C. The van der Waals surface area contributed by atoms with Crippen molar-refractivity contribution in [3.05, 3.63) is 0 Å². The van der Waals surface area contributed by atoms with E-state index in [0.29, 0.717) is 12.8 Å². The van der Waals surface area contributed by atoms with E-state index in [1.807, 2.05) is 0 Å². The summed E-state index contributed by atoms with van der Waals surface area (Å²) in [6.07, 6.45) is 1.53. The van der Waals surface area contributed by atoms with Gasteiger partial charge in [0.05, 0.1) is 12.6 Å². The van der Waals surface area contributed by atoms with Crippen LogP contribution in [0.5, 0.6) is 0 Å². The average Bonchev–Trinajstić information content (AvgIpc) is 2.44. The number of nitrogens with zero attached hydrogens (tertiary/aromatic N) is 1. The molecule has 0 aromatic rings. The fraction of sp³-hybridized carbons (Fsp3) is 0.765. The van der Waals surface area contributed by atoms with E-state index in [9.17, 15) is 19.2 Å². The van der Waals surface area contributed by atoms with Gasteiger partial charge in [-0.2, -0.15) is 0 Å². The molecular formula is C17H25NO6. The molecule has 3 atom stereocenters. The van der Waals surface area contributed by atoms with Gasteiger partial charge >= 0.3 is 12.1 Å². The summed E-state index contributed by atoms with van der Waals surface area (Å²) in [5.74, 6) is -3.31. The van der Waals surface area contributed by atoms with Crippen LogP contribution >= 0.6 is 0 Å². The van der Waals surface area contributed by atoms with Gasteiger partial charge in [-0.3, -0.25) is 9.59 Å². The predicted octanol–water partition coefficient (Wildman–Crippen LogP) is 1.87. The number of rotatable bonds is 3. The van der Waals surface area contributed by atoms with E-state index in [0.717, 1.165) is 6.42 Å².